The van der Waals surface area contributed by atoms with Crippen LogP contribution in [0.3, 0.4) is 0 Å². The van der Waals surface area contributed by atoms with Gasteiger partial charge in [-0.2, -0.15) is 0 Å². The summed E-state index contributed by atoms with van der Waals surface area (Å²) in [5, 5.41) is 21.5. The average molecular weight is 487 g/mol. The van der Waals surface area contributed by atoms with E-state index in [0.29, 0.717) is 0 Å². The van der Waals surface area contributed by atoms with E-state index >= 15 is 0 Å². The number of H-pyrrole nitrogens is 1. The Morgan fingerprint density at radius 1 is 0.778 bits per heavy atom. The minimum absolute atomic E-state index is 0.0918. The maximum atomic E-state index is 12.3. The average Bonchev–Trinajstić information content (AvgIpc) is 3.19. The molecule has 5 rings (SSSR count). The molecule has 2 heterocycles. The zero-order valence-corrected chi connectivity index (χ0v) is 19.3. The number of aromatic nitrogens is 2. The molecule has 0 spiro atoms. The van der Waals surface area contributed by atoms with Gasteiger partial charge in [-0.05, 0) is 16.7 Å². The number of benzene rings is 3. The maximum Gasteiger partial charge on any atom is 0.330 e. The molecule has 1 aliphatic heterocycles. The number of aliphatic hydroxyl groups is 2. The summed E-state index contributed by atoms with van der Waals surface area (Å²) in [5.74, 6) is 0. The van der Waals surface area contributed by atoms with Crippen LogP contribution < -0.4 is 11.2 Å². The minimum Gasteiger partial charge on any atom is -0.387 e. The quantitative estimate of drug-likeness (QED) is 0.345. The summed E-state index contributed by atoms with van der Waals surface area (Å²) in [6.07, 6.45) is -3.62. The third-order valence-electron chi connectivity index (χ3n) is 6.47. The van der Waals surface area contributed by atoms with Crippen LogP contribution in [-0.2, 0) is 15.1 Å². The van der Waals surface area contributed by atoms with Crippen molar-refractivity contribution in [2.45, 2.75) is 30.1 Å². The smallest absolute Gasteiger partial charge is 0.330 e. The Morgan fingerprint density at radius 2 is 1.28 bits per heavy atom. The van der Waals surface area contributed by atoms with Crippen molar-refractivity contribution in [3.63, 3.8) is 0 Å². The van der Waals surface area contributed by atoms with Crippen molar-refractivity contribution in [3.8, 4) is 0 Å². The zero-order valence-electron chi connectivity index (χ0n) is 19.3. The lowest BCUT2D eigenvalue weighted by Gasteiger charge is -2.37. The summed E-state index contributed by atoms with van der Waals surface area (Å²) in [6.45, 7) is -0.0918. The van der Waals surface area contributed by atoms with Crippen molar-refractivity contribution < 1.29 is 19.7 Å². The molecule has 1 aromatic heterocycles. The van der Waals surface area contributed by atoms with Gasteiger partial charge >= 0.3 is 5.69 Å². The van der Waals surface area contributed by atoms with Gasteiger partial charge in [0, 0.05) is 12.3 Å². The summed E-state index contributed by atoms with van der Waals surface area (Å²) in [4.78, 5) is 25.8. The van der Waals surface area contributed by atoms with Gasteiger partial charge in [0.25, 0.3) is 5.56 Å². The van der Waals surface area contributed by atoms with E-state index in [-0.39, 0.29) is 6.61 Å². The summed E-state index contributed by atoms with van der Waals surface area (Å²) < 4.78 is 13.6. The maximum absolute atomic E-state index is 12.3. The number of hydrogen-bond donors (Lipinski definition) is 3. The van der Waals surface area contributed by atoms with Crippen LogP contribution >= 0.6 is 0 Å². The molecule has 0 saturated carbocycles. The Labute approximate surface area is 207 Å². The summed E-state index contributed by atoms with van der Waals surface area (Å²) in [5.41, 5.74) is 0.289. The second-order valence-electron chi connectivity index (χ2n) is 8.65. The first kappa shape index (κ1) is 23.9. The van der Waals surface area contributed by atoms with E-state index in [1.165, 1.54) is 6.20 Å². The molecule has 8 nitrogen and oxygen atoms in total. The Balaban J connectivity index is 1.52. The third kappa shape index (κ3) is 4.31. The third-order valence-corrected chi connectivity index (χ3v) is 6.47. The molecule has 4 atom stereocenters. The van der Waals surface area contributed by atoms with Crippen LogP contribution in [0.1, 0.15) is 22.9 Å². The van der Waals surface area contributed by atoms with E-state index in [4.69, 9.17) is 9.47 Å². The van der Waals surface area contributed by atoms with Crippen molar-refractivity contribution in [2.75, 3.05) is 6.61 Å². The molecule has 3 aromatic carbocycles. The van der Waals surface area contributed by atoms with Gasteiger partial charge in [-0.25, -0.2) is 4.79 Å². The second-order valence-corrected chi connectivity index (χ2v) is 8.65. The topological polar surface area (TPSA) is 114 Å². The van der Waals surface area contributed by atoms with Crippen LogP contribution in [0, 0.1) is 0 Å². The number of rotatable bonds is 7. The zero-order chi connectivity index (χ0) is 25.1. The standard InChI is InChI=1S/C28H26N2O6/c31-23-16-17-30(27(34)29-23)26-25(33)24(32)22(36-26)18-35-28(19-10-4-1-5-11-19,20-12-6-2-7-13-20)21-14-8-3-9-15-21/h1-17,22,24-26,32-33H,18H2,(H,29,31,34)/t22-,24?,25?,26-/m0/s1. The number of aliphatic hydroxyl groups excluding tert-OH is 2. The highest BCUT2D eigenvalue weighted by Crippen LogP contribution is 2.41. The Morgan fingerprint density at radius 3 is 1.75 bits per heavy atom. The van der Waals surface area contributed by atoms with Crippen LogP contribution in [0.2, 0.25) is 0 Å². The summed E-state index contributed by atoms with van der Waals surface area (Å²) in [7, 11) is 0. The summed E-state index contributed by atoms with van der Waals surface area (Å²) in [6, 6.07) is 30.4. The van der Waals surface area contributed by atoms with E-state index in [1.807, 2.05) is 91.0 Å². The lowest BCUT2D eigenvalue weighted by atomic mass is 9.80. The van der Waals surface area contributed by atoms with Gasteiger partial charge in [0.15, 0.2) is 6.23 Å². The normalized spacial score (nSPS) is 21.9. The lowest BCUT2D eigenvalue weighted by Crippen LogP contribution is -2.40. The molecule has 1 aliphatic rings. The highest BCUT2D eigenvalue weighted by Gasteiger charge is 2.46. The molecule has 36 heavy (non-hydrogen) atoms. The Bertz CT molecular complexity index is 1310. The highest BCUT2D eigenvalue weighted by molar-refractivity contribution is 5.47. The van der Waals surface area contributed by atoms with E-state index in [0.717, 1.165) is 27.3 Å². The fourth-order valence-electron chi connectivity index (χ4n) is 4.70. The van der Waals surface area contributed by atoms with Gasteiger partial charge in [-0.15, -0.1) is 0 Å². The molecular weight excluding hydrogens is 460 g/mol. The SMILES string of the molecule is O=c1ccn([C@H]2O[C@@H](COC(c3ccccc3)(c3ccccc3)c3ccccc3)C(O)C2O)c(=O)[nH]1. The van der Waals surface area contributed by atoms with E-state index in [9.17, 15) is 19.8 Å². The van der Waals surface area contributed by atoms with Crippen molar-refractivity contribution in [3.05, 3.63) is 141 Å². The lowest BCUT2D eigenvalue weighted by molar-refractivity contribution is -0.0958. The molecule has 1 fully saturated rings. The summed E-state index contributed by atoms with van der Waals surface area (Å²) >= 11 is 0. The second kappa shape index (κ2) is 10.0. The molecule has 1 saturated heterocycles. The molecule has 8 heteroatoms. The number of ether oxygens (including phenoxy) is 2. The predicted molar refractivity (Wildman–Crippen MR) is 132 cm³/mol. The minimum atomic E-state index is -1.40. The van der Waals surface area contributed by atoms with Crippen LogP contribution in [0.25, 0.3) is 0 Å². The number of hydrogen-bond acceptors (Lipinski definition) is 6. The number of aromatic amines is 1. The van der Waals surface area contributed by atoms with Crippen molar-refractivity contribution in [2.24, 2.45) is 0 Å². The van der Waals surface area contributed by atoms with Crippen molar-refractivity contribution in [1.29, 1.82) is 0 Å². The van der Waals surface area contributed by atoms with Crippen LogP contribution in [0.4, 0.5) is 0 Å². The van der Waals surface area contributed by atoms with Crippen LogP contribution in [0.15, 0.2) is 113 Å². The number of nitrogens with one attached hydrogen (secondary N) is 1. The molecule has 0 radical (unpaired) electrons. The van der Waals surface area contributed by atoms with Gasteiger partial charge in [-0.3, -0.25) is 14.3 Å². The number of nitrogens with zero attached hydrogens (tertiary/aromatic N) is 1. The van der Waals surface area contributed by atoms with E-state index in [2.05, 4.69) is 4.98 Å². The Kier molecular flexibility index (Phi) is 6.67. The van der Waals surface area contributed by atoms with Gasteiger partial charge in [0.05, 0.1) is 6.61 Å². The molecule has 0 aliphatic carbocycles. The first-order chi connectivity index (χ1) is 17.5. The molecule has 184 valence electrons. The van der Waals surface area contributed by atoms with Gasteiger partial charge in [0.1, 0.15) is 23.9 Å². The highest BCUT2D eigenvalue weighted by atomic mass is 16.6. The fraction of sp³-hybridized carbons (Fsp3) is 0.214. The van der Waals surface area contributed by atoms with Crippen molar-refractivity contribution in [1.82, 2.24) is 9.55 Å². The largest absolute Gasteiger partial charge is 0.387 e. The van der Waals surface area contributed by atoms with Gasteiger partial charge in [-0.1, -0.05) is 91.0 Å². The molecule has 4 aromatic rings. The molecule has 3 N–H and O–H groups in total. The van der Waals surface area contributed by atoms with Crippen molar-refractivity contribution >= 4 is 0 Å². The van der Waals surface area contributed by atoms with E-state index < -0.39 is 41.4 Å². The molecule has 2 unspecified atom stereocenters. The Hall–Kier alpha value is -3.82. The van der Waals surface area contributed by atoms with Crippen LogP contribution in [0.5, 0.6) is 0 Å². The molecular formula is C28H26N2O6. The predicted octanol–water partition coefficient (Wildman–Crippen LogP) is 2.16. The molecule has 0 amide bonds. The fourth-order valence-corrected chi connectivity index (χ4v) is 4.70. The monoisotopic (exact) mass is 486 g/mol. The first-order valence-electron chi connectivity index (χ1n) is 11.6. The van der Waals surface area contributed by atoms with Gasteiger partial charge in [0.2, 0.25) is 0 Å². The van der Waals surface area contributed by atoms with E-state index in [1.54, 1.807) is 0 Å². The first-order valence-corrected chi connectivity index (χ1v) is 11.6. The van der Waals surface area contributed by atoms with Gasteiger partial charge < -0.3 is 19.7 Å². The van der Waals surface area contributed by atoms with Crippen LogP contribution in [-0.4, -0.2) is 44.7 Å². The molecule has 0 bridgehead atoms.